The third-order valence-electron chi connectivity index (χ3n) is 2.75. The standard InChI is InChI=1S/C8H16N2O4S/c11-8-1-2-10(7-8)15(12,13)9-3-5-14-6-4-9/h8,11H,1-7H2. The molecule has 15 heavy (non-hydrogen) atoms. The highest BCUT2D eigenvalue weighted by atomic mass is 32.2. The van der Waals surface area contributed by atoms with Crippen molar-refractivity contribution in [2.45, 2.75) is 12.5 Å². The zero-order chi connectivity index (χ0) is 10.9. The van der Waals surface area contributed by atoms with Gasteiger partial charge in [0.15, 0.2) is 0 Å². The van der Waals surface area contributed by atoms with Gasteiger partial charge in [-0.2, -0.15) is 17.0 Å². The monoisotopic (exact) mass is 236 g/mol. The van der Waals surface area contributed by atoms with Crippen molar-refractivity contribution in [3.63, 3.8) is 0 Å². The lowest BCUT2D eigenvalue weighted by Crippen LogP contribution is -2.48. The normalized spacial score (nSPS) is 30.9. The van der Waals surface area contributed by atoms with Crippen molar-refractivity contribution < 1.29 is 18.3 Å². The van der Waals surface area contributed by atoms with Crippen molar-refractivity contribution in [3.05, 3.63) is 0 Å². The maximum Gasteiger partial charge on any atom is 0.282 e. The minimum Gasteiger partial charge on any atom is -0.392 e. The van der Waals surface area contributed by atoms with Crippen LogP contribution in [0.2, 0.25) is 0 Å². The molecule has 1 atom stereocenters. The molecule has 1 N–H and O–H groups in total. The molecular weight excluding hydrogens is 220 g/mol. The summed E-state index contributed by atoms with van der Waals surface area (Å²) in [5, 5.41) is 9.31. The lowest BCUT2D eigenvalue weighted by Gasteiger charge is -2.29. The number of ether oxygens (including phenoxy) is 1. The van der Waals surface area contributed by atoms with E-state index in [0.717, 1.165) is 0 Å². The van der Waals surface area contributed by atoms with Gasteiger partial charge in [-0.1, -0.05) is 0 Å². The van der Waals surface area contributed by atoms with Crippen LogP contribution >= 0.6 is 0 Å². The Morgan fingerprint density at radius 3 is 2.33 bits per heavy atom. The van der Waals surface area contributed by atoms with Crippen molar-refractivity contribution in [2.75, 3.05) is 39.4 Å². The second-order valence-electron chi connectivity index (χ2n) is 3.82. The van der Waals surface area contributed by atoms with Gasteiger partial charge in [-0.3, -0.25) is 0 Å². The predicted octanol–water partition coefficient (Wildman–Crippen LogP) is -1.37. The third-order valence-corrected chi connectivity index (χ3v) is 4.75. The number of aliphatic hydroxyl groups is 1. The highest BCUT2D eigenvalue weighted by Gasteiger charge is 2.35. The summed E-state index contributed by atoms with van der Waals surface area (Å²) in [6.45, 7) is 2.37. The van der Waals surface area contributed by atoms with E-state index in [2.05, 4.69) is 0 Å². The van der Waals surface area contributed by atoms with Crippen LogP contribution in [0.3, 0.4) is 0 Å². The Morgan fingerprint density at radius 1 is 1.13 bits per heavy atom. The summed E-state index contributed by atoms with van der Waals surface area (Å²) in [6.07, 6.45) is 0.0182. The molecular formula is C8H16N2O4S. The number of aliphatic hydroxyl groups excluding tert-OH is 1. The number of hydrogen-bond donors (Lipinski definition) is 1. The minimum absolute atomic E-state index is 0.222. The number of hydrogen-bond acceptors (Lipinski definition) is 4. The average molecular weight is 236 g/mol. The van der Waals surface area contributed by atoms with E-state index in [0.29, 0.717) is 39.3 Å². The van der Waals surface area contributed by atoms with Gasteiger partial charge in [0.2, 0.25) is 0 Å². The van der Waals surface area contributed by atoms with Gasteiger partial charge < -0.3 is 9.84 Å². The molecule has 0 aliphatic carbocycles. The first-order valence-corrected chi connectivity index (χ1v) is 6.51. The molecule has 1 unspecified atom stereocenters. The molecule has 0 amide bonds. The van der Waals surface area contributed by atoms with Gasteiger partial charge in [0.05, 0.1) is 19.3 Å². The molecule has 0 aromatic carbocycles. The smallest absolute Gasteiger partial charge is 0.282 e. The van der Waals surface area contributed by atoms with Crippen LogP contribution in [-0.2, 0) is 14.9 Å². The van der Waals surface area contributed by atoms with Gasteiger partial charge in [-0.15, -0.1) is 0 Å². The Labute approximate surface area is 89.6 Å². The average Bonchev–Trinajstić information content (AvgIpc) is 2.67. The van der Waals surface area contributed by atoms with Crippen LogP contribution in [0.25, 0.3) is 0 Å². The van der Waals surface area contributed by atoms with E-state index in [9.17, 15) is 13.5 Å². The van der Waals surface area contributed by atoms with E-state index in [1.54, 1.807) is 0 Å². The third kappa shape index (κ3) is 2.31. The van der Waals surface area contributed by atoms with E-state index in [-0.39, 0.29) is 6.54 Å². The SMILES string of the molecule is O=S(=O)(N1CCOCC1)N1CCC(O)C1. The molecule has 0 aromatic heterocycles. The maximum absolute atomic E-state index is 12.0. The van der Waals surface area contributed by atoms with E-state index in [4.69, 9.17) is 4.74 Å². The zero-order valence-electron chi connectivity index (χ0n) is 8.50. The van der Waals surface area contributed by atoms with E-state index < -0.39 is 16.3 Å². The van der Waals surface area contributed by atoms with Crippen molar-refractivity contribution in [2.24, 2.45) is 0 Å². The molecule has 0 radical (unpaired) electrons. The number of morpholine rings is 1. The molecule has 2 saturated heterocycles. The van der Waals surface area contributed by atoms with Gasteiger partial charge in [0, 0.05) is 26.2 Å². The van der Waals surface area contributed by atoms with Gasteiger partial charge in [-0.25, -0.2) is 0 Å². The Kier molecular flexibility index (Phi) is 3.27. The summed E-state index contributed by atoms with van der Waals surface area (Å²) in [4.78, 5) is 0. The van der Waals surface area contributed by atoms with Crippen molar-refractivity contribution >= 4 is 10.2 Å². The molecule has 88 valence electrons. The van der Waals surface area contributed by atoms with Crippen LogP contribution in [0, 0.1) is 0 Å². The topological polar surface area (TPSA) is 70.1 Å². The van der Waals surface area contributed by atoms with Crippen molar-refractivity contribution in [1.29, 1.82) is 0 Å². The number of rotatable bonds is 2. The van der Waals surface area contributed by atoms with Crippen LogP contribution in [0.15, 0.2) is 0 Å². The Hall–Kier alpha value is -0.210. The van der Waals surface area contributed by atoms with E-state index in [1.807, 2.05) is 0 Å². The highest BCUT2D eigenvalue weighted by Crippen LogP contribution is 2.17. The molecule has 2 aliphatic heterocycles. The first kappa shape index (κ1) is 11.3. The maximum atomic E-state index is 12.0. The Bertz CT molecular complexity index is 302. The van der Waals surface area contributed by atoms with Crippen LogP contribution in [0.5, 0.6) is 0 Å². The summed E-state index contributed by atoms with van der Waals surface area (Å²) in [5.74, 6) is 0. The zero-order valence-corrected chi connectivity index (χ0v) is 9.32. The first-order valence-electron chi connectivity index (χ1n) is 5.12. The quantitative estimate of drug-likeness (QED) is 0.642. The fourth-order valence-electron chi connectivity index (χ4n) is 1.86. The minimum atomic E-state index is -3.37. The fraction of sp³-hybridized carbons (Fsp3) is 1.00. The van der Waals surface area contributed by atoms with Gasteiger partial charge >= 0.3 is 0 Å². The van der Waals surface area contributed by atoms with Gasteiger partial charge in [-0.05, 0) is 6.42 Å². The van der Waals surface area contributed by atoms with Gasteiger partial charge in [0.25, 0.3) is 10.2 Å². The summed E-state index contributed by atoms with van der Waals surface area (Å²) < 4.78 is 31.9. The molecule has 0 bridgehead atoms. The second-order valence-corrected chi connectivity index (χ2v) is 5.75. The molecule has 0 spiro atoms. The number of nitrogens with zero attached hydrogens (tertiary/aromatic N) is 2. The van der Waals surface area contributed by atoms with Gasteiger partial charge in [0.1, 0.15) is 0 Å². The molecule has 0 saturated carbocycles. The fourth-order valence-corrected chi connectivity index (χ4v) is 3.49. The van der Waals surface area contributed by atoms with E-state index in [1.165, 1.54) is 8.61 Å². The summed E-state index contributed by atoms with van der Waals surface area (Å²) in [6, 6.07) is 0. The van der Waals surface area contributed by atoms with Crippen molar-refractivity contribution in [3.8, 4) is 0 Å². The first-order chi connectivity index (χ1) is 7.10. The molecule has 0 aromatic rings. The van der Waals surface area contributed by atoms with Crippen LogP contribution in [-0.4, -0.2) is 67.6 Å². The van der Waals surface area contributed by atoms with Crippen LogP contribution in [0.1, 0.15) is 6.42 Å². The molecule has 2 rings (SSSR count). The molecule has 2 heterocycles. The number of β-amino-alcohol motifs (C(OH)–C–C–N with tert-alkyl or cyclic N) is 1. The highest BCUT2D eigenvalue weighted by molar-refractivity contribution is 7.86. The Balaban J connectivity index is 2.05. The lowest BCUT2D eigenvalue weighted by atomic mass is 10.3. The van der Waals surface area contributed by atoms with E-state index >= 15 is 0 Å². The molecule has 2 aliphatic rings. The predicted molar refractivity (Wildman–Crippen MR) is 53.5 cm³/mol. The lowest BCUT2D eigenvalue weighted by molar-refractivity contribution is 0.0703. The van der Waals surface area contributed by atoms with Crippen LogP contribution < -0.4 is 0 Å². The largest absolute Gasteiger partial charge is 0.392 e. The second kappa shape index (κ2) is 4.34. The summed E-state index contributed by atoms with van der Waals surface area (Å²) in [7, 11) is -3.37. The Morgan fingerprint density at radius 2 is 1.80 bits per heavy atom. The summed E-state index contributed by atoms with van der Waals surface area (Å²) in [5.41, 5.74) is 0. The summed E-state index contributed by atoms with van der Waals surface area (Å²) >= 11 is 0. The van der Waals surface area contributed by atoms with Crippen molar-refractivity contribution in [1.82, 2.24) is 8.61 Å². The molecule has 7 heteroatoms. The molecule has 2 fully saturated rings. The van der Waals surface area contributed by atoms with Crippen LogP contribution in [0.4, 0.5) is 0 Å². The molecule has 6 nitrogen and oxygen atoms in total.